The van der Waals surface area contributed by atoms with Crippen LogP contribution in [0.2, 0.25) is 0 Å². The molecule has 210 valence electrons. The molecule has 1 unspecified atom stereocenters. The second kappa shape index (κ2) is 9.69. The Labute approximate surface area is 254 Å². The van der Waals surface area contributed by atoms with E-state index in [1.807, 2.05) is 24.3 Å². The summed E-state index contributed by atoms with van der Waals surface area (Å²) in [4.78, 5) is 7.61. The number of aromatic nitrogens is 2. The fourth-order valence-electron chi connectivity index (χ4n) is 6.99. The normalized spacial score (nSPS) is 15.6. The first-order valence-electron chi connectivity index (χ1n) is 15.0. The van der Waals surface area contributed by atoms with E-state index in [0.717, 1.165) is 33.7 Å². The highest BCUT2D eigenvalue weighted by Gasteiger charge is 2.39. The average Bonchev–Trinajstić information content (AvgIpc) is 3.59. The third-order valence-electron chi connectivity index (χ3n) is 8.95. The van der Waals surface area contributed by atoms with E-state index in [2.05, 4.69) is 141 Å². The van der Waals surface area contributed by atoms with Gasteiger partial charge in [-0.3, -0.25) is 9.47 Å². The number of nitrogens with two attached hydrogens (primary N) is 1. The van der Waals surface area contributed by atoms with Gasteiger partial charge < -0.3 is 10.3 Å². The molecule has 44 heavy (non-hydrogen) atoms. The van der Waals surface area contributed by atoms with E-state index < -0.39 is 0 Å². The Kier molecular flexibility index (Phi) is 5.49. The number of para-hydroxylation sites is 3. The smallest absolute Gasteiger partial charge is 0.208 e. The molecule has 0 bridgehead atoms. The molecular formula is C39H29N5. The first-order chi connectivity index (χ1) is 21.8. The van der Waals surface area contributed by atoms with E-state index >= 15 is 0 Å². The van der Waals surface area contributed by atoms with Gasteiger partial charge in [0.1, 0.15) is 12.0 Å². The fourth-order valence-corrected chi connectivity index (χ4v) is 6.99. The summed E-state index contributed by atoms with van der Waals surface area (Å²) in [6.45, 7) is 0. The number of hydrogen-bond donors (Lipinski definition) is 1. The molecule has 6 aromatic carbocycles. The maximum absolute atomic E-state index is 7.13. The Hall–Kier alpha value is -5.65. The monoisotopic (exact) mass is 567 g/mol. The summed E-state index contributed by atoms with van der Waals surface area (Å²) >= 11 is 0. The van der Waals surface area contributed by atoms with Crippen LogP contribution in [0.15, 0.2) is 157 Å². The Morgan fingerprint density at radius 2 is 1.07 bits per heavy atom. The second-order valence-corrected chi connectivity index (χ2v) is 11.4. The molecule has 1 aliphatic rings. The Balaban J connectivity index is 1.40. The number of nitrogens with zero attached hydrogens (tertiary/aromatic N) is 4. The number of hydrogen-bond acceptors (Lipinski definition) is 3. The zero-order valence-corrected chi connectivity index (χ0v) is 24.0. The minimum absolute atomic E-state index is 0.337. The molecule has 8 aromatic rings. The van der Waals surface area contributed by atoms with E-state index in [4.69, 9.17) is 10.7 Å². The molecule has 2 aromatic heterocycles. The van der Waals surface area contributed by atoms with Crippen molar-refractivity contribution in [2.45, 2.75) is 12.5 Å². The van der Waals surface area contributed by atoms with Gasteiger partial charge in [-0.05, 0) is 29.8 Å². The Morgan fingerprint density at radius 3 is 1.77 bits per heavy atom. The van der Waals surface area contributed by atoms with Crippen molar-refractivity contribution in [1.29, 1.82) is 0 Å². The van der Waals surface area contributed by atoms with Crippen molar-refractivity contribution in [2.75, 3.05) is 0 Å². The van der Waals surface area contributed by atoms with Gasteiger partial charge in [0.05, 0.1) is 22.1 Å². The van der Waals surface area contributed by atoms with Crippen LogP contribution in [0.25, 0.3) is 49.3 Å². The lowest BCUT2D eigenvalue weighted by atomic mass is 10.1. The molecule has 3 heterocycles. The summed E-state index contributed by atoms with van der Waals surface area (Å²) in [6, 6.07) is 53.2. The molecule has 2 atom stereocenters. The van der Waals surface area contributed by atoms with Gasteiger partial charge in [-0.2, -0.15) is 0 Å². The van der Waals surface area contributed by atoms with Crippen molar-refractivity contribution in [2.24, 2.45) is 10.7 Å². The predicted molar refractivity (Wildman–Crippen MR) is 181 cm³/mol. The van der Waals surface area contributed by atoms with Gasteiger partial charge in [-0.15, -0.1) is 0 Å². The first-order valence-corrected chi connectivity index (χ1v) is 15.0. The van der Waals surface area contributed by atoms with Crippen LogP contribution in [0.1, 0.15) is 23.6 Å². The van der Waals surface area contributed by atoms with E-state index in [0.29, 0.717) is 0 Å². The first kappa shape index (κ1) is 24.9. The van der Waals surface area contributed by atoms with Crippen molar-refractivity contribution in [3.8, 4) is 5.69 Å². The molecular weight excluding hydrogens is 538 g/mol. The number of benzene rings is 6. The van der Waals surface area contributed by atoms with Crippen LogP contribution >= 0.6 is 0 Å². The SMILES string of the molecule is NC(c1ccccc1)N1C(c2ccccc2)=N[C@H]1n1c2ccccc2c2ccc3c4ccccc4n(-c4ccccc4)c3c21. The van der Waals surface area contributed by atoms with Gasteiger partial charge >= 0.3 is 0 Å². The van der Waals surface area contributed by atoms with E-state index in [1.165, 1.54) is 32.6 Å². The molecule has 0 saturated heterocycles. The van der Waals surface area contributed by atoms with Crippen LogP contribution in [0.5, 0.6) is 0 Å². The number of rotatable bonds is 5. The highest BCUT2D eigenvalue weighted by molar-refractivity contribution is 6.23. The number of amidine groups is 1. The maximum atomic E-state index is 7.13. The molecule has 1 aliphatic heterocycles. The maximum Gasteiger partial charge on any atom is 0.208 e. The molecule has 5 heteroatoms. The minimum atomic E-state index is -0.385. The number of aliphatic imine (C=N–C) groups is 1. The summed E-state index contributed by atoms with van der Waals surface area (Å²) in [5.74, 6) is 0.897. The van der Waals surface area contributed by atoms with Crippen molar-refractivity contribution in [1.82, 2.24) is 14.0 Å². The molecule has 2 N–H and O–H groups in total. The van der Waals surface area contributed by atoms with Crippen molar-refractivity contribution >= 4 is 49.4 Å². The average molecular weight is 568 g/mol. The molecule has 0 spiro atoms. The third kappa shape index (κ3) is 3.54. The summed E-state index contributed by atoms with van der Waals surface area (Å²) in [7, 11) is 0. The minimum Gasteiger partial charge on any atom is -0.307 e. The topological polar surface area (TPSA) is 51.5 Å². The predicted octanol–water partition coefficient (Wildman–Crippen LogP) is 8.77. The molecule has 0 radical (unpaired) electrons. The highest BCUT2D eigenvalue weighted by atomic mass is 15.5. The molecule has 9 rings (SSSR count). The van der Waals surface area contributed by atoms with E-state index in [9.17, 15) is 0 Å². The van der Waals surface area contributed by atoms with Crippen LogP contribution in [-0.2, 0) is 0 Å². The quantitative estimate of drug-likeness (QED) is 0.226. The largest absolute Gasteiger partial charge is 0.307 e. The molecule has 0 aliphatic carbocycles. The third-order valence-corrected chi connectivity index (χ3v) is 8.95. The van der Waals surface area contributed by atoms with Crippen LogP contribution in [0.3, 0.4) is 0 Å². The van der Waals surface area contributed by atoms with Gasteiger partial charge in [0, 0.05) is 32.8 Å². The van der Waals surface area contributed by atoms with Gasteiger partial charge in [-0.1, -0.05) is 127 Å². The summed E-state index contributed by atoms with van der Waals surface area (Å²) in [5, 5.41) is 4.84. The van der Waals surface area contributed by atoms with Gasteiger partial charge in [0.25, 0.3) is 0 Å². The zero-order valence-electron chi connectivity index (χ0n) is 24.0. The van der Waals surface area contributed by atoms with Gasteiger partial charge in [-0.25, -0.2) is 4.99 Å². The Bertz CT molecular complexity index is 2350. The lowest BCUT2D eigenvalue weighted by Crippen LogP contribution is -2.50. The lowest BCUT2D eigenvalue weighted by Gasteiger charge is -2.45. The van der Waals surface area contributed by atoms with Gasteiger partial charge in [0.2, 0.25) is 6.29 Å². The van der Waals surface area contributed by atoms with Crippen LogP contribution in [0, 0.1) is 0 Å². The summed E-state index contributed by atoms with van der Waals surface area (Å²) in [6.07, 6.45) is -0.722. The van der Waals surface area contributed by atoms with Crippen LogP contribution in [0.4, 0.5) is 0 Å². The second-order valence-electron chi connectivity index (χ2n) is 11.4. The fraction of sp³-hybridized carbons (Fsp3) is 0.0513. The molecule has 0 amide bonds. The summed E-state index contributed by atoms with van der Waals surface area (Å²) in [5.41, 5.74) is 15.0. The van der Waals surface area contributed by atoms with Crippen LogP contribution in [-0.4, -0.2) is 19.9 Å². The van der Waals surface area contributed by atoms with Crippen molar-refractivity contribution < 1.29 is 0 Å². The standard InChI is InChI=1S/C39H29N5/c40-37(26-14-4-1-5-15-26)44-38(27-16-6-2-7-17-27)41-39(44)43-34-23-13-11-21-30(34)32-25-24-31-29-20-10-12-22-33(29)42(35(31)36(32)43)28-18-8-3-9-19-28/h1-25,37,39H,40H2/t37?,39-/m0/s1. The van der Waals surface area contributed by atoms with Gasteiger partial charge in [0.15, 0.2) is 0 Å². The van der Waals surface area contributed by atoms with E-state index in [1.54, 1.807) is 0 Å². The highest BCUT2D eigenvalue weighted by Crippen LogP contribution is 2.45. The Morgan fingerprint density at radius 1 is 0.523 bits per heavy atom. The lowest BCUT2D eigenvalue weighted by molar-refractivity contribution is 0.154. The molecule has 5 nitrogen and oxygen atoms in total. The molecule has 0 fully saturated rings. The van der Waals surface area contributed by atoms with Crippen molar-refractivity contribution in [3.05, 3.63) is 163 Å². The summed E-state index contributed by atoms with van der Waals surface area (Å²) < 4.78 is 4.81. The molecule has 0 saturated carbocycles. The van der Waals surface area contributed by atoms with E-state index in [-0.39, 0.29) is 12.5 Å². The number of fused-ring (bicyclic) bond motifs is 7. The van der Waals surface area contributed by atoms with Crippen LogP contribution < -0.4 is 5.73 Å². The van der Waals surface area contributed by atoms with Crippen molar-refractivity contribution in [3.63, 3.8) is 0 Å². The zero-order chi connectivity index (χ0) is 29.2.